The molecule has 2 aromatic carbocycles. The maximum Gasteiger partial charge on any atom is 0.0579 e. The van der Waals surface area contributed by atoms with E-state index in [-0.39, 0.29) is 0 Å². The molecule has 0 bridgehead atoms. The predicted octanol–water partition coefficient (Wildman–Crippen LogP) is 4.15. The van der Waals surface area contributed by atoms with E-state index in [0.29, 0.717) is 6.54 Å². The summed E-state index contributed by atoms with van der Waals surface area (Å²) in [5.41, 5.74) is 11.2. The molecule has 0 fully saturated rings. The Kier molecular flexibility index (Phi) is 3.78. The van der Waals surface area contributed by atoms with E-state index in [0.717, 1.165) is 22.0 Å². The third-order valence-electron chi connectivity index (χ3n) is 3.09. The van der Waals surface area contributed by atoms with E-state index < -0.39 is 0 Å². The van der Waals surface area contributed by atoms with Gasteiger partial charge in [-0.2, -0.15) is 0 Å². The monoisotopic (exact) mass is 260 g/mol. The summed E-state index contributed by atoms with van der Waals surface area (Å²) in [7, 11) is 0. The van der Waals surface area contributed by atoms with Crippen LogP contribution in [0.5, 0.6) is 0 Å². The van der Waals surface area contributed by atoms with E-state index in [1.54, 1.807) is 0 Å². The summed E-state index contributed by atoms with van der Waals surface area (Å²) in [5, 5.41) is 4.10. The molecular weight excluding hydrogens is 244 g/mol. The number of anilines is 2. The minimum Gasteiger partial charge on any atom is -0.397 e. The van der Waals surface area contributed by atoms with Crippen LogP contribution in [-0.2, 0) is 6.54 Å². The van der Waals surface area contributed by atoms with Gasteiger partial charge in [-0.05, 0) is 48.7 Å². The summed E-state index contributed by atoms with van der Waals surface area (Å²) in [6, 6.07) is 11.9. The molecular formula is C15H17ClN2. The largest absolute Gasteiger partial charge is 0.397 e. The number of rotatable bonds is 3. The van der Waals surface area contributed by atoms with Crippen molar-refractivity contribution in [3.8, 4) is 0 Å². The van der Waals surface area contributed by atoms with Crippen LogP contribution < -0.4 is 11.1 Å². The molecule has 2 aromatic rings. The van der Waals surface area contributed by atoms with Crippen molar-refractivity contribution < 1.29 is 0 Å². The average molecular weight is 261 g/mol. The molecule has 2 rings (SSSR count). The van der Waals surface area contributed by atoms with Gasteiger partial charge < -0.3 is 11.1 Å². The predicted molar refractivity (Wildman–Crippen MR) is 79.1 cm³/mol. The van der Waals surface area contributed by atoms with Crippen LogP contribution in [0.3, 0.4) is 0 Å². The minimum absolute atomic E-state index is 0.673. The molecule has 18 heavy (non-hydrogen) atoms. The molecule has 94 valence electrons. The Morgan fingerprint density at radius 2 is 1.78 bits per heavy atom. The van der Waals surface area contributed by atoms with Gasteiger partial charge in [-0.3, -0.25) is 0 Å². The number of nitrogens with two attached hydrogens (primary N) is 1. The summed E-state index contributed by atoms with van der Waals surface area (Å²) in [6.45, 7) is 4.81. The molecule has 0 aliphatic carbocycles. The zero-order valence-electron chi connectivity index (χ0n) is 10.6. The standard InChI is InChI=1S/C15H17ClN2/c1-10-7-14(17)15(8-11(10)2)18-9-12-5-3-4-6-13(12)16/h3-8,18H,9,17H2,1-2H3. The van der Waals surface area contributed by atoms with Crippen molar-refractivity contribution in [2.75, 3.05) is 11.1 Å². The Hall–Kier alpha value is -1.67. The smallest absolute Gasteiger partial charge is 0.0579 e. The number of nitrogen functional groups attached to an aromatic ring is 1. The maximum atomic E-state index is 6.12. The van der Waals surface area contributed by atoms with Crippen LogP contribution in [0.15, 0.2) is 36.4 Å². The maximum absolute atomic E-state index is 6.12. The Bertz CT molecular complexity index is 564. The van der Waals surface area contributed by atoms with Crippen LogP contribution in [-0.4, -0.2) is 0 Å². The van der Waals surface area contributed by atoms with E-state index in [4.69, 9.17) is 17.3 Å². The fraction of sp³-hybridized carbons (Fsp3) is 0.200. The zero-order chi connectivity index (χ0) is 13.1. The van der Waals surface area contributed by atoms with Gasteiger partial charge in [0.2, 0.25) is 0 Å². The molecule has 0 aromatic heterocycles. The van der Waals surface area contributed by atoms with E-state index in [2.05, 4.69) is 25.2 Å². The third-order valence-corrected chi connectivity index (χ3v) is 3.46. The number of halogens is 1. The molecule has 3 N–H and O–H groups in total. The molecule has 0 amide bonds. The number of aryl methyl sites for hydroxylation is 2. The van der Waals surface area contributed by atoms with Gasteiger partial charge in [0.1, 0.15) is 0 Å². The van der Waals surface area contributed by atoms with E-state index in [1.807, 2.05) is 30.3 Å². The summed E-state index contributed by atoms with van der Waals surface area (Å²) in [4.78, 5) is 0. The molecule has 0 saturated carbocycles. The van der Waals surface area contributed by atoms with Crippen molar-refractivity contribution in [3.63, 3.8) is 0 Å². The summed E-state index contributed by atoms with van der Waals surface area (Å²) in [5.74, 6) is 0. The lowest BCUT2D eigenvalue weighted by Gasteiger charge is -2.12. The van der Waals surface area contributed by atoms with Gasteiger partial charge >= 0.3 is 0 Å². The first-order chi connectivity index (χ1) is 8.58. The van der Waals surface area contributed by atoms with Gasteiger partial charge in [0.15, 0.2) is 0 Å². The van der Waals surface area contributed by atoms with Gasteiger partial charge in [0.25, 0.3) is 0 Å². The van der Waals surface area contributed by atoms with Crippen LogP contribution >= 0.6 is 11.6 Å². The lowest BCUT2D eigenvalue weighted by atomic mass is 10.1. The number of benzene rings is 2. The summed E-state index contributed by atoms with van der Waals surface area (Å²) in [6.07, 6.45) is 0. The van der Waals surface area contributed by atoms with E-state index in [9.17, 15) is 0 Å². The lowest BCUT2D eigenvalue weighted by molar-refractivity contribution is 1.15. The van der Waals surface area contributed by atoms with Crippen LogP contribution in [0.2, 0.25) is 5.02 Å². The van der Waals surface area contributed by atoms with Crippen molar-refractivity contribution in [1.29, 1.82) is 0 Å². The molecule has 0 radical (unpaired) electrons. The lowest BCUT2D eigenvalue weighted by Crippen LogP contribution is -2.04. The van der Waals surface area contributed by atoms with Gasteiger partial charge in [-0.25, -0.2) is 0 Å². The quantitative estimate of drug-likeness (QED) is 0.814. The fourth-order valence-corrected chi connectivity index (χ4v) is 2.03. The highest BCUT2D eigenvalue weighted by atomic mass is 35.5. The van der Waals surface area contributed by atoms with Crippen molar-refractivity contribution in [3.05, 3.63) is 58.1 Å². The highest BCUT2D eigenvalue weighted by Gasteiger charge is 2.03. The van der Waals surface area contributed by atoms with Crippen molar-refractivity contribution in [2.24, 2.45) is 0 Å². The molecule has 0 spiro atoms. The molecule has 3 heteroatoms. The molecule has 0 heterocycles. The van der Waals surface area contributed by atoms with Crippen molar-refractivity contribution in [1.82, 2.24) is 0 Å². The molecule has 0 aliphatic heterocycles. The minimum atomic E-state index is 0.673. The highest BCUT2D eigenvalue weighted by molar-refractivity contribution is 6.31. The fourth-order valence-electron chi connectivity index (χ4n) is 1.82. The van der Waals surface area contributed by atoms with Crippen molar-refractivity contribution in [2.45, 2.75) is 20.4 Å². The van der Waals surface area contributed by atoms with Gasteiger partial charge in [-0.1, -0.05) is 29.8 Å². The second-order valence-corrected chi connectivity index (χ2v) is 4.88. The van der Waals surface area contributed by atoms with Gasteiger partial charge in [0, 0.05) is 11.6 Å². The normalized spacial score (nSPS) is 10.4. The Morgan fingerprint density at radius 3 is 2.50 bits per heavy atom. The average Bonchev–Trinajstić information content (AvgIpc) is 2.34. The van der Waals surface area contributed by atoms with Gasteiger partial charge in [0.05, 0.1) is 11.4 Å². The topological polar surface area (TPSA) is 38.0 Å². The van der Waals surface area contributed by atoms with Crippen LogP contribution in [0.1, 0.15) is 16.7 Å². The highest BCUT2D eigenvalue weighted by Crippen LogP contribution is 2.24. The first-order valence-corrected chi connectivity index (χ1v) is 6.29. The molecule has 0 atom stereocenters. The second-order valence-electron chi connectivity index (χ2n) is 4.47. The SMILES string of the molecule is Cc1cc(N)c(NCc2ccccc2Cl)cc1C. The van der Waals surface area contributed by atoms with E-state index >= 15 is 0 Å². The second kappa shape index (κ2) is 5.32. The van der Waals surface area contributed by atoms with Gasteiger partial charge in [-0.15, -0.1) is 0 Å². The van der Waals surface area contributed by atoms with Crippen molar-refractivity contribution >= 4 is 23.0 Å². The first kappa shape index (κ1) is 12.8. The molecule has 2 nitrogen and oxygen atoms in total. The molecule has 0 saturated heterocycles. The molecule has 0 aliphatic rings. The van der Waals surface area contributed by atoms with Crippen LogP contribution in [0, 0.1) is 13.8 Å². The number of hydrogen-bond acceptors (Lipinski definition) is 2. The summed E-state index contributed by atoms with van der Waals surface area (Å²) < 4.78 is 0. The summed E-state index contributed by atoms with van der Waals surface area (Å²) >= 11 is 6.12. The van der Waals surface area contributed by atoms with Crippen LogP contribution in [0.25, 0.3) is 0 Å². The molecule has 0 unspecified atom stereocenters. The Balaban J connectivity index is 2.16. The Morgan fingerprint density at radius 1 is 1.11 bits per heavy atom. The number of hydrogen-bond donors (Lipinski definition) is 2. The first-order valence-electron chi connectivity index (χ1n) is 5.92. The van der Waals surface area contributed by atoms with E-state index in [1.165, 1.54) is 11.1 Å². The van der Waals surface area contributed by atoms with Crippen LogP contribution in [0.4, 0.5) is 11.4 Å². The zero-order valence-corrected chi connectivity index (χ0v) is 11.4. The Labute approximate surface area is 113 Å². The number of nitrogens with one attached hydrogen (secondary N) is 1. The third kappa shape index (κ3) is 2.77.